The van der Waals surface area contributed by atoms with Gasteiger partial charge >= 0.3 is 11.7 Å². The Morgan fingerprint density at radius 2 is 1.67 bits per heavy atom. The molecule has 0 bridgehead atoms. The number of imidazole rings is 1. The Bertz CT molecular complexity index is 1590. The van der Waals surface area contributed by atoms with E-state index in [-0.39, 0.29) is 35.9 Å². The number of piperidine rings is 1. The van der Waals surface area contributed by atoms with E-state index >= 15 is 0 Å². The molecule has 4 heterocycles. The third kappa shape index (κ3) is 6.03. The minimum Gasteiger partial charge on any atom is -0.480 e. The van der Waals surface area contributed by atoms with Gasteiger partial charge in [-0.2, -0.15) is 0 Å². The Kier molecular flexibility index (Phi) is 8.58. The van der Waals surface area contributed by atoms with Gasteiger partial charge in [0, 0.05) is 39.0 Å². The fraction of sp³-hybridized carbons (Fsp3) is 0.636. The van der Waals surface area contributed by atoms with Gasteiger partial charge in [0.1, 0.15) is 12.1 Å². The summed E-state index contributed by atoms with van der Waals surface area (Å²) in [7, 11) is 1.71. The Hall–Kier alpha value is -3.96. The van der Waals surface area contributed by atoms with E-state index in [1.54, 1.807) is 23.4 Å². The smallest absolute Gasteiger partial charge is 0.329 e. The molecule has 4 atom stereocenters. The van der Waals surface area contributed by atoms with Gasteiger partial charge in [-0.05, 0) is 87.3 Å². The average Bonchev–Trinajstić information content (AvgIpc) is 3.53. The molecule has 4 amide bonds. The molecule has 2 aromatic rings. The van der Waals surface area contributed by atoms with Crippen molar-refractivity contribution in [2.75, 3.05) is 13.1 Å². The molecular weight excluding hydrogens is 578 g/mol. The van der Waals surface area contributed by atoms with E-state index in [0.717, 1.165) is 43.2 Å². The summed E-state index contributed by atoms with van der Waals surface area (Å²) in [5, 5.41) is 11.9. The van der Waals surface area contributed by atoms with E-state index in [1.807, 2.05) is 23.1 Å². The number of benzene rings is 1. The van der Waals surface area contributed by atoms with Crippen molar-refractivity contribution < 1.29 is 29.1 Å². The van der Waals surface area contributed by atoms with Crippen LogP contribution in [0.5, 0.6) is 0 Å². The largest absolute Gasteiger partial charge is 0.480 e. The number of carboxylic acids is 1. The van der Waals surface area contributed by atoms with Crippen LogP contribution >= 0.6 is 0 Å². The van der Waals surface area contributed by atoms with Crippen molar-refractivity contribution in [3.8, 4) is 0 Å². The van der Waals surface area contributed by atoms with Crippen molar-refractivity contribution >= 4 is 40.6 Å². The Morgan fingerprint density at radius 1 is 0.933 bits per heavy atom. The van der Waals surface area contributed by atoms with Gasteiger partial charge in [-0.1, -0.05) is 13.0 Å². The minimum absolute atomic E-state index is 0.0891. The topological polar surface area (TPSA) is 151 Å². The maximum Gasteiger partial charge on any atom is 0.329 e. The molecule has 1 aromatic heterocycles. The van der Waals surface area contributed by atoms with E-state index in [4.69, 9.17) is 0 Å². The summed E-state index contributed by atoms with van der Waals surface area (Å²) in [6.45, 7) is 2.68. The van der Waals surface area contributed by atoms with Gasteiger partial charge in [0.15, 0.2) is 0 Å². The minimum atomic E-state index is -0.947. The van der Waals surface area contributed by atoms with Crippen LogP contribution in [0.2, 0.25) is 0 Å². The third-order valence-electron chi connectivity index (χ3n) is 10.7. The number of imide groups is 1. The zero-order valence-electron chi connectivity index (χ0n) is 26.1. The zero-order chi connectivity index (χ0) is 32.0. The summed E-state index contributed by atoms with van der Waals surface area (Å²) in [5.74, 6) is -1.42. The molecule has 4 aliphatic rings. The molecule has 4 fully saturated rings. The van der Waals surface area contributed by atoms with Crippen molar-refractivity contribution in [3.05, 3.63) is 34.2 Å². The van der Waals surface area contributed by atoms with Crippen LogP contribution in [0, 0.1) is 17.8 Å². The van der Waals surface area contributed by atoms with E-state index < -0.39 is 29.9 Å². The predicted molar refractivity (Wildman–Crippen MR) is 164 cm³/mol. The van der Waals surface area contributed by atoms with Crippen LogP contribution in [0.3, 0.4) is 0 Å². The van der Waals surface area contributed by atoms with Gasteiger partial charge in [-0.15, -0.1) is 0 Å². The molecule has 2 N–H and O–H groups in total. The lowest BCUT2D eigenvalue weighted by atomic mass is 9.78. The first-order valence-corrected chi connectivity index (χ1v) is 16.4. The second-order valence-electron chi connectivity index (χ2n) is 13.7. The number of aryl methyl sites for hydroxylation is 1. The Morgan fingerprint density at radius 3 is 2.38 bits per heavy atom. The number of carbonyl (C=O) groups is 5. The number of fused-ring (bicyclic) bond motifs is 2. The molecule has 3 saturated heterocycles. The SMILES string of the molecule is C[C@H]1CN(C(=O)C[C@H]2CC[C@@H](Cc3ccc4c(c3)n(C)c(=O)n4C3CCC(=O)NC3=O)CC2)CC[C@H]2CC[C@@H](C(=O)O)N2C1=O. The molecule has 1 aromatic carbocycles. The molecule has 1 unspecified atom stereocenters. The number of rotatable bonds is 6. The molecule has 0 spiro atoms. The van der Waals surface area contributed by atoms with Gasteiger partial charge in [-0.3, -0.25) is 33.6 Å². The summed E-state index contributed by atoms with van der Waals surface area (Å²) in [5.41, 5.74) is 2.31. The maximum absolute atomic E-state index is 13.4. The molecule has 45 heavy (non-hydrogen) atoms. The molecule has 12 heteroatoms. The van der Waals surface area contributed by atoms with E-state index in [2.05, 4.69) is 5.32 Å². The number of hydrogen-bond donors (Lipinski definition) is 2. The molecule has 0 radical (unpaired) electrons. The van der Waals surface area contributed by atoms with Gasteiger partial charge in [-0.25, -0.2) is 9.59 Å². The van der Waals surface area contributed by atoms with E-state index in [0.29, 0.717) is 62.5 Å². The highest BCUT2D eigenvalue weighted by Gasteiger charge is 2.44. The molecule has 242 valence electrons. The van der Waals surface area contributed by atoms with Crippen LogP contribution in [-0.4, -0.2) is 78.8 Å². The normalized spacial score (nSPS) is 29.3. The van der Waals surface area contributed by atoms with Crippen molar-refractivity contribution in [2.45, 2.75) is 95.7 Å². The quantitative estimate of drug-likeness (QED) is 0.470. The molecule has 1 aliphatic carbocycles. The first-order valence-electron chi connectivity index (χ1n) is 16.4. The fourth-order valence-corrected chi connectivity index (χ4v) is 8.14. The predicted octanol–water partition coefficient (Wildman–Crippen LogP) is 2.37. The van der Waals surface area contributed by atoms with Crippen LogP contribution in [0.25, 0.3) is 11.0 Å². The maximum atomic E-state index is 13.4. The summed E-state index contributed by atoms with van der Waals surface area (Å²) in [4.78, 5) is 78.8. The summed E-state index contributed by atoms with van der Waals surface area (Å²) >= 11 is 0. The van der Waals surface area contributed by atoms with Crippen LogP contribution in [0.4, 0.5) is 0 Å². The molecule has 1 saturated carbocycles. The number of nitrogens with one attached hydrogen (secondary N) is 1. The second-order valence-corrected chi connectivity index (χ2v) is 13.7. The highest BCUT2D eigenvalue weighted by Crippen LogP contribution is 2.35. The summed E-state index contributed by atoms with van der Waals surface area (Å²) < 4.78 is 3.07. The van der Waals surface area contributed by atoms with Gasteiger partial charge in [0.2, 0.25) is 23.6 Å². The number of carboxylic acid groups (broad SMARTS) is 1. The van der Waals surface area contributed by atoms with Crippen LogP contribution < -0.4 is 11.0 Å². The first-order chi connectivity index (χ1) is 21.5. The fourth-order valence-electron chi connectivity index (χ4n) is 8.14. The summed E-state index contributed by atoms with van der Waals surface area (Å²) in [6, 6.07) is 4.38. The van der Waals surface area contributed by atoms with Crippen LogP contribution in [0.1, 0.15) is 82.7 Å². The number of nitrogens with zero attached hydrogens (tertiary/aromatic N) is 4. The number of carbonyl (C=O) groups excluding carboxylic acids is 4. The lowest BCUT2D eigenvalue weighted by Gasteiger charge is -2.37. The number of aliphatic carboxylic acids is 1. The van der Waals surface area contributed by atoms with Crippen molar-refractivity contribution in [1.29, 1.82) is 0 Å². The Balaban J connectivity index is 1.04. The standard InChI is InChI=1S/C33H43N5O7/c1-19-18-36(14-13-23-8-10-26(32(43)44)37(23)31(19)42)29(40)17-21-5-3-20(4-6-21)15-22-7-9-24-27(16-22)35(2)33(45)38(24)25-11-12-28(39)34-30(25)41/h7,9,16,19-21,23,25-26H,3-6,8,10-15,17-18H2,1-2H3,(H,43,44)(H,34,39,41)/t19-,20-,21+,23+,25?,26-/m0/s1. The molecule has 3 aliphatic heterocycles. The van der Waals surface area contributed by atoms with Crippen LogP contribution in [-0.2, 0) is 37.4 Å². The first kappa shape index (κ1) is 31.0. The van der Waals surface area contributed by atoms with Crippen molar-refractivity contribution in [1.82, 2.24) is 24.3 Å². The van der Waals surface area contributed by atoms with Crippen molar-refractivity contribution in [2.24, 2.45) is 24.8 Å². The van der Waals surface area contributed by atoms with Crippen LogP contribution in [0.15, 0.2) is 23.0 Å². The number of hydrogen-bond acceptors (Lipinski definition) is 6. The second kappa shape index (κ2) is 12.4. The summed E-state index contributed by atoms with van der Waals surface area (Å²) in [6.07, 6.45) is 7.54. The lowest BCUT2D eigenvalue weighted by Crippen LogP contribution is -2.52. The molecule has 12 nitrogen and oxygen atoms in total. The monoisotopic (exact) mass is 621 g/mol. The highest BCUT2D eigenvalue weighted by atomic mass is 16.4. The molecular formula is C33H43N5O7. The van der Waals surface area contributed by atoms with Gasteiger partial charge < -0.3 is 14.9 Å². The average molecular weight is 622 g/mol. The zero-order valence-corrected chi connectivity index (χ0v) is 26.1. The third-order valence-corrected chi connectivity index (χ3v) is 10.7. The van der Waals surface area contributed by atoms with Crippen molar-refractivity contribution in [3.63, 3.8) is 0 Å². The van der Waals surface area contributed by atoms with E-state index in [9.17, 15) is 33.9 Å². The Labute approximate surface area is 261 Å². The number of aromatic nitrogens is 2. The number of amides is 4. The van der Waals surface area contributed by atoms with Gasteiger partial charge in [0.25, 0.3) is 0 Å². The highest BCUT2D eigenvalue weighted by molar-refractivity contribution is 6.00. The van der Waals surface area contributed by atoms with E-state index in [1.165, 1.54) is 4.57 Å². The lowest BCUT2D eigenvalue weighted by molar-refractivity contribution is -0.153. The van der Waals surface area contributed by atoms with Gasteiger partial charge in [0.05, 0.1) is 17.0 Å². The molecule has 6 rings (SSSR count).